The van der Waals surface area contributed by atoms with Gasteiger partial charge in [-0.15, -0.1) is 0 Å². The molecule has 0 spiro atoms. The van der Waals surface area contributed by atoms with Gasteiger partial charge in [-0.2, -0.15) is 0 Å². The zero-order valence-electron chi connectivity index (χ0n) is 10.9. The third kappa shape index (κ3) is 4.11. The maximum atomic E-state index is 2.78. The van der Waals surface area contributed by atoms with E-state index in [9.17, 15) is 0 Å². The van der Waals surface area contributed by atoms with E-state index in [1.54, 1.807) is 0 Å². The second-order valence-electron chi connectivity index (χ2n) is 4.41. The van der Waals surface area contributed by atoms with Crippen LogP contribution >= 0.6 is 0 Å². The molecule has 82 valence electrons. The minimum Gasteiger partial charge on any atom is -0.297 e. The monoisotopic (exact) mass is 260 g/mol. The molecule has 0 bridgehead atoms. The fraction of sp³-hybridized carbons (Fsp3) is 1.00. The maximum Gasteiger partial charge on any atom is 0.137 e. The van der Waals surface area contributed by atoms with Crippen LogP contribution in [0.2, 0.25) is 52.4 Å². The van der Waals surface area contributed by atoms with Crippen molar-refractivity contribution in [3.63, 3.8) is 0 Å². The molecule has 0 rings (SSSR count). The lowest BCUT2D eigenvalue weighted by Crippen LogP contribution is -2.62. The lowest BCUT2D eigenvalue weighted by Gasteiger charge is -2.44. The quantitative estimate of drug-likeness (QED) is 0.554. The largest absolute Gasteiger partial charge is 0.297 e. The molecule has 2 nitrogen and oxygen atoms in total. The Morgan fingerprint density at radius 2 is 0.571 bits per heavy atom. The number of hydrazine groups is 1. The molecule has 6 heteroatoms. The number of hydrogen-bond donors (Lipinski definition) is 0. The van der Waals surface area contributed by atoms with Crippen LogP contribution in [0.5, 0.6) is 0 Å². The second kappa shape index (κ2) is 6.39. The van der Waals surface area contributed by atoms with Gasteiger partial charge in [0.15, 0.2) is 0 Å². The van der Waals surface area contributed by atoms with Gasteiger partial charge in [-0.1, -0.05) is 52.4 Å². The van der Waals surface area contributed by atoms with E-state index in [4.69, 9.17) is 0 Å². The van der Waals surface area contributed by atoms with Crippen molar-refractivity contribution in [3.05, 3.63) is 0 Å². The molecule has 0 aromatic carbocycles. The molecule has 0 saturated heterocycles. The maximum absolute atomic E-state index is 2.78. The van der Waals surface area contributed by atoms with Crippen molar-refractivity contribution in [2.45, 2.75) is 52.4 Å². The zero-order chi connectivity index (χ0) is 11.5. The van der Waals surface area contributed by atoms with Crippen LogP contribution in [0.1, 0.15) is 0 Å². The summed E-state index contributed by atoms with van der Waals surface area (Å²) in [5.74, 6) is 0. The Kier molecular flexibility index (Phi) is 6.75. The molecule has 0 unspecified atom stereocenters. The highest BCUT2D eigenvalue weighted by atomic mass is 28.4. The first-order chi connectivity index (χ1) is 6.29. The van der Waals surface area contributed by atoms with Gasteiger partial charge in [0.05, 0.1) is 0 Å². The topological polar surface area (TPSA) is 6.48 Å². The summed E-state index contributed by atoms with van der Waals surface area (Å²) in [5.41, 5.74) is 0. The number of hydrogen-bond acceptors (Lipinski definition) is 2. The molecule has 0 fully saturated rings. The zero-order valence-corrected chi connectivity index (χ0v) is 14.9. The van der Waals surface area contributed by atoms with E-state index in [0.717, 1.165) is 0 Å². The molecule has 0 amide bonds. The van der Waals surface area contributed by atoms with Gasteiger partial charge in [0.2, 0.25) is 0 Å². The van der Waals surface area contributed by atoms with Gasteiger partial charge in [0, 0.05) is 0 Å². The summed E-state index contributed by atoms with van der Waals surface area (Å²) >= 11 is 0. The van der Waals surface area contributed by atoms with E-state index in [-0.39, 0.29) is 35.8 Å². The van der Waals surface area contributed by atoms with Crippen LogP contribution in [-0.4, -0.2) is 44.5 Å². The summed E-state index contributed by atoms with van der Waals surface area (Å²) in [7, 11) is -1.22. The van der Waals surface area contributed by atoms with Crippen molar-refractivity contribution in [2.75, 3.05) is 0 Å². The molecule has 0 atom stereocenters. The molecule has 0 aliphatic heterocycles. The SMILES string of the molecule is C[Si](C)N(N([Si](C)C)[Si](C)C)[Si](C)C. The number of rotatable bonds is 5. The Balaban J connectivity index is 4.74. The molecule has 0 N–H and O–H groups in total. The van der Waals surface area contributed by atoms with Gasteiger partial charge in [-0.25, -0.2) is 0 Å². The lowest BCUT2D eigenvalue weighted by atomic mass is 11.9. The molecule has 0 aliphatic rings. The highest BCUT2D eigenvalue weighted by molar-refractivity contribution is 6.76. The van der Waals surface area contributed by atoms with E-state index in [0.29, 0.717) is 0 Å². The third-order valence-corrected chi connectivity index (χ3v) is 12.2. The predicted octanol–water partition coefficient (Wildman–Crippen LogP) is 2.51. The lowest BCUT2D eigenvalue weighted by molar-refractivity contribution is 0.394. The molecule has 14 heavy (non-hydrogen) atoms. The van der Waals surface area contributed by atoms with Gasteiger partial charge in [-0.05, 0) is 0 Å². The fourth-order valence-electron chi connectivity index (χ4n) is 1.69. The Labute approximate surface area is 97.0 Å². The van der Waals surface area contributed by atoms with E-state index in [2.05, 4.69) is 61.1 Å². The van der Waals surface area contributed by atoms with E-state index >= 15 is 0 Å². The minimum atomic E-state index is -0.305. The molecule has 0 heterocycles. The molecule has 0 aliphatic carbocycles. The normalized spacial score (nSPS) is 13.3. The molecular weight excluding hydrogens is 236 g/mol. The van der Waals surface area contributed by atoms with Crippen molar-refractivity contribution < 1.29 is 0 Å². The third-order valence-electron chi connectivity index (χ3n) is 1.89. The Bertz CT molecular complexity index is 127. The van der Waals surface area contributed by atoms with E-state index < -0.39 is 0 Å². The van der Waals surface area contributed by atoms with Crippen LogP contribution in [0.15, 0.2) is 0 Å². The smallest absolute Gasteiger partial charge is 0.137 e. The first kappa shape index (κ1) is 14.8. The van der Waals surface area contributed by atoms with Crippen LogP contribution in [0.4, 0.5) is 0 Å². The molecule has 4 radical (unpaired) electrons. The first-order valence-electron chi connectivity index (χ1n) is 5.09. The van der Waals surface area contributed by atoms with Gasteiger partial charge < -0.3 is 0 Å². The average Bonchev–Trinajstić information content (AvgIpc) is 1.96. The minimum absolute atomic E-state index is 0.305. The van der Waals surface area contributed by atoms with E-state index in [1.165, 1.54) is 0 Å². The van der Waals surface area contributed by atoms with Gasteiger partial charge in [-0.3, -0.25) is 8.68 Å². The Hall–Kier alpha value is 0.788. The first-order valence-corrected chi connectivity index (χ1v) is 14.9. The highest BCUT2D eigenvalue weighted by Gasteiger charge is 2.28. The second-order valence-corrected chi connectivity index (χ2v) is 14.6. The molecule has 0 aromatic heterocycles. The highest BCUT2D eigenvalue weighted by Crippen LogP contribution is 2.10. The summed E-state index contributed by atoms with van der Waals surface area (Å²) in [5, 5.41) is 0. The van der Waals surface area contributed by atoms with Gasteiger partial charge >= 0.3 is 0 Å². The van der Waals surface area contributed by atoms with E-state index in [1.807, 2.05) is 0 Å². The van der Waals surface area contributed by atoms with Crippen molar-refractivity contribution in [1.82, 2.24) is 8.68 Å². The Morgan fingerprint density at radius 3 is 0.643 bits per heavy atom. The van der Waals surface area contributed by atoms with Gasteiger partial charge in [0.25, 0.3) is 0 Å². The van der Waals surface area contributed by atoms with Crippen LogP contribution < -0.4 is 0 Å². The summed E-state index contributed by atoms with van der Waals surface area (Å²) in [6.45, 7) is 19.4. The standard InChI is InChI=1S/C8H24N2Si4/c1-11(2)9(12(3)4)10(13(5)6)14(7)8/h1-8H3. The molecular formula is C8H24N2Si4. The van der Waals surface area contributed by atoms with Crippen molar-refractivity contribution in [1.29, 1.82) is 0 Å². The van der Waals surface area contributed by atoms with Crippen LogP contribution in [0.3, 0.4) is 0 Å². The van der Waals surface area contributed by atoms with Crippen molar-refractivity contribution in [3.8, 4) is 0 Å². The van der Waals surface area contributed by atoms with Gasteiger partial charge in [0.1, 0.15) is 35.8 Å². The Morgan fingerprint density at radius 1 is 0.429 bits per heavy atom. The van der Waals surface area contributed by atoms with Crippen molar-refractivity contribution in [2.24, 2.45) is 0 Å². The van der Waals surface area contributed by atoms with Crippen LogP contribution in [0, 0.1) is 0 Å². The summed E-state index contributed by atoms with van der Waals surface area (Å²) < 4.78 is 5.55. The summed E-state index contributed by atoms with van der Waals surface area (Å²) in [4.78, 5) is 0. The van der Waals surface area contributed by atoms with Crippen LogP contribution in [0.25, 0.3) is 0 Å². The number of nitrogens with zero attached hydrogens (tertiary/aromatic N) is 2. The average molecular weight is 261 g/mol. The molecule has 0 saturated carbocycles. The summed E-state index contributed by atoms with van der Waals surface area (Å²) in [6.07, 6.45) is 0. The molecule has 0 aromatic rings. The van der Waals surface area contributed by atoms with Crippen molar-refractivity contribution >= 4 is 35.8 Å². The fourth-order valence-corrected chi connectivity index (χ4v) is 15.2. The predicted molar refractivity (Wildman–Crippen MR) is 73.6 cm³/mol. The van der Waals surface area contributed by atoms with Crippen LogP contribution in [-0.2, 0) is 0 Å². The summed E-state index contributed by atoms with van der Waals surface area (Å²) in [6, 6.07) is 0.